The van der Waals surface area contributed by atoms with Crippen LogP contribution >= 0.6 is 0 Å². The number of benzene rings is 1. The Morgan fingerprint density at radius 1 is 1.25 bits per heavy atom. The van der Waals surface area contributed by atoms with Crippen molar-refractivity contribution in [1.82, 2.24) is 30.5 Å². The number of rotatable bonds is 5. The van der Waals surface area contributed by atoms with Gasteiger partial charge in [0.15, 0.2) is 5.69 Å². The normalized spacial score (nSPS) is 23.8. The summed E-state index contributed by atoms with van der Waals surface area (Å²) >= 11 is 0. The average Bonchev–Trinajstić information content (AvgIpc) is 3.25. The largest absolute Gasteiger partial charge is 0.346 e. The zero-order chi connectivity index (χ0) is 19.5. The number of likely N-dealkylation sites (tertiary alicyclic amines) is 1. The molecule has 0 bridgehead atoms. The lowest BCUT2D eigenvalue weighted by Crippen LogP contribution is -2.37. The van der Waals surface area contributed by atoms with Crippen molar-refractivity contribution in [2.45, 2.75) is 57.8 Å². The van der Waals surface area contributed by atoms with E-state index in [4.69, 9.17) is 0 Å². The molecule has 1 aromatic carbocycles. The quantitative estimate of drug-likeness (QED) is 0.826. The Labute approximate surface area is 166 Å². The Kier molecular flexibility index (Phi) is 5.73. The monoisotopic (exact) mass is 382 g/mol. The van der Waals surface area contributed by atoms with Crippen LogP contribution in [-0.4, -0.2) is 57.5 Å². The number of hydrogen-bond acceptors (Lipinski definition) is 5. The smallest absolute Gasteiger partial charge is 0.274 e. The van der Waals surface area contributed by atoms with Crippen LogP contribution in [0.1, 0.15) is 54.0 Å². The minimum Gasteiger partial charge on any atom is -0.346 e. The minimum absolute atomic E-state index is 0.101. The molecule has 2 aliphatic heterocycles. The van der Waals surface area contributed by atoms with Crippen molar-refractivity contribution >= 4 is 5.91 Å². The van der Waals surface area contributed by atoms with Gasteiger partial charge in [-0.15, -0.1) is 5.10 Å². The Balaban J connectivity index is 1.37. The van der Waals surface area contributed by atoms with Gasteiger partial charge in [0, 0.05) is 25.2 Å². The second-order valence-electron chi connectivity index (χ2n) is 8.12. The van der Waals surface area contributed by atoms with Crippen LogP contribution in [-0.2, 0) is 6.54 Å². The predicted molar refractivity (Wildman–Crippen MR) is 108 cm³/mol. The lowest BCUT2D eigenvalue weighted by molar-refractivity contribution is 0.0931. The first-order chi connectivity index (χ1) is 13.6. The van der Waals surface area contributed by atoms with Gasteiger partial charge in [0.25, 0.3) is 5.91 Å². The van der Waals surface area contributed by atoms with Crippen molar-refractivity contribution in [3.63, 3.8) is 0 Å². The molecule has 7 nitrogen and oxygen atoms in total. The summed E-state index contributed by atoms with van der Waals surface area (Å²) in [4.78, 5) is 15.3. The molecule has 2 atom stereocenters. The second-order valence-corrected chi connectivity index (χ2v) is 8.12. The van der Waals surface area contributed by atoms with Crippen molar-refractivity contribution in [3.8, 4) is 0 Å². The van der Waals surface area contributed by atoms with Gasteiger partial charge >= 0.3 is 0 Å². The van der Waals surface area contributed by atoms with Gasteiger partial charge in [0.2, 0.25) is 0 Å². The van der Waals surface area contributed by atoms with Crippen molar-refractivity contribution in [1.29, 1.82) is 0 Å². The molecule has 2 N–H and O–H groups in total. The molecule has 0 saturated carbocycles. The van der Waals surface area contributed by atoms with Crippen LogP contribution in [0.2, 0.25) is 0 Å². The molecule has 7 heteroatoms. The SMILES string of the molecule is Cc1c(C(=O)NC2CC(C)N(Cc3ccccc3)C2)nnn1C1CCNCC1. The number of piperidine rings is 1. The molecule has 2 aromatic rings. The molecule has 1 amide bonds. The Bertz CT molecular complexity index is 798. The highest BCUT2D eigenvalue weighted by atomic mass is 16.2. The van der Waals surface area contributed by atoms with E-state index in [0.29, 0.717) is 17.8 Å². The lowest BCUT2D eigenvalue weighted by atomic mass is 10.1. The Hall–Kier alpha value is -2.25. The molecule has 1 aromatic heterocycles. The van der Waals surface area contributed by atoms with Crippen molar-refractivity contribution < 1.29 is 4.79 Å². The summed E-state index contributed by atoms with van der Waals surface area (Å²) < 4.78 is 1.94. The van der Waals surface area contributed by atoms with Crippen LogP contribution < -0.4 is 10.6 Å². The molecule has 150 valence electrons. The molecule has 3 heterocycles. The first kappa shape index (κ1) is 19.1. The summed E-state index contributed by atoms with van der Waals surface area (Å²) in [6.45, 7) is 7.94. The van der Waals surface area contributed by atoms with E-state index in [1.54, 1.807) is 0 Å². The number of aromatic nitrogens is 3. The second kappa shape index (κ2) is 8.41. The summed E-state index contributed by atoms with van der Waals surface area (Å²) in [5.74, 6) is -0.101. The number of carbonyl (C=O) groups excluding carboxylic acids is 1. The molecule has 0 radical (unpaired) electrons. The zero-order valence-electron chi connectivity index (χ0n) is 16.8. The molecule has 2 aliphatic rings. The van der Waals surface area contributed by atoms with E-state index in [2.05, 4.69) is 57.0 Å². The summed E-state index contributed by atoms with van der Waals surface area (Å²) in [7, 11) is 0. The number of carbonyl (C=O) groups is 1. The van der Waals surface area contributed by atoms with E-state index in [1.165, 1.54) is 5.56 Å². The van der Waals surface area contributed by atoms with Crippen LogP contribution in [0.25, 0.3) is 0 Å². The maximum Gasteiger partial charge on any atom is 0.274 e. The highest BCUT2D eigenvalue weighted by molar-refractivity contribution is 5.93. The first-order valence-electron chi connectivity index (χ1n) is 10.3. The standard InChI is InChI=1S/C21H30N6O/c1-15-12-18(14-26(15)13-17-6-4-3-5-7-17)23-21(28)20-16(2)27(25-24-20)19-8-10-22-11-9-19/h3-7,15,18-19,22H,8-14H2,1-2H3,(H,23,28). The number of nitrogens with zero attached hydrogens (tertiary/aromatic N) is 4. The van der Waals surface area contributed by atoms with Crippen LogP contribution in [0.3, 0.4) is 0 Å². The zero-order valence-corrected chi connectivity index (χ0v) is 16.8. The fourth-order valence-corrected chi connectivity index (χ4v) is 4.44. The third-order valence-electron chi connectivity index (χ3n) is 6.06. The maximum atomic E-state index is 12.8. The van der Waals surface area contributed by atoms with Gasteiger partial charge in [0.1, 0.15) is 0 Å². The van der Waals surface area contributed by atoms with Gasteiger partial charge in [-0.2, -0.15) is 0 Å². The fraction of sp³-hybridized carbons (Fsp3) is 0.571. The molecule has 2 fully saturated rings. The first-order valence-corrected chi connectivity index (χ1v) is 10.3. The molecule has 2 saturated heterocycles. The number of nitrogens with one attached hydrogen (secondary N) is 2. The van der Waals surface area contributed by atoms with Crippen LogP contribution in [0.15, 0.2) is 30.3 Å². The molecule has 4 rings (SSSR count). The number of amides is 1. The fourth-order valence-electron chi connectivity index (χ4n) is 4.44. The molecular weight excluding hydrogens is 352 g/mol. The Morgan fingerprint density at radius 3 is 2.75 bits per heavy atom. The predicted octanol–water partition coefficient (Wildman–Crippen LogP) is 1.90. The third-order valence-corrected chi connectivity index (χ3v) is 6.06. The van der Waals surface area contributed by atoms with Crippen LogP contribution in [0.4, 0.5) is 0 Å². The lowest BCUT2D eigenvalue weighted by Gasteiger charge is -2.23. The molecule has 28 heavy (non-hydrogen) atoms. The van der Waals surface area contributed by atoms with Crippen LogP contribution in [0.5, 0.6) is 0 Å². The van der Waals surface area contributed by atoms with Crippen molar-refractivity contribution in [2.24, 2.45) is 0 Å². The van der Waals surface area contributed by atoms with E-state index in [1.807, 2.05) is 17.7 Å². The Morgan fingerprint density at radius 2 is 2.00 bits per heavy atom. The highest BCUT2D eigenvalue weighted by Crippen LogP contribution is 2.22. The molecule has 2 unspecified atom stereocenters. The maximum absolute atomic E-state index is 12.8. The van der Waals surface area contributed by atoms with E-state index >= 15 is 0 Å². The summed E-state index contributed by atoms with van der Waals surface area (Å²) in [5.41, 5.74) is 2.64. The van der Waals surface area contributed by atoms with Gasteiger partial charge in [-0.25, -0.2) is 4.68 Å². The van der Waals surface area contributed by atoms with E-state index < -0.39 is 0 Å². The van der Waals surface area contributed by atoms with Gasteiger partial charge in [-0.1, -0.05) is 35.5 Å². The average molecular weight is 383 g/mol. The summed E-state index contributed by atoms with van der Waals surface area (Å²) in [6.07, 6.45) is 3.01. The van der Waals surface area contributed by atoms with Crippen LogP contribution in [0, 0.1) is 6.92 Å². The molecular formula is C21H30N6O. The highest BCUT2D eigenvalue weighted by Gasteiger charge is 2.31. The third kappa shape index (κ3) is 4.10. The topological polar surface area (TPSA) is 75.1 Å². The molecule has 0 aliphatic carbocycles. The van der Waals surface area contributed by atoms with E-state index in [0.717, 1.165) is 51.1 Å². The summed E-state index contributed by atoms with van der Waals surface area (Å²) in [5, 5.41) is 15.0. The van der Waals surface area contributed by atoms with E-state index in [-0.39, 0.29) is 11.9 Å². The molecule has 0 spiro atoms. The van der Waals surface area contributed by atoms with Gasteiger partial charge in [-0.3, -0.25) is 9.69 Å². The number of hydrogen-bond donors (Lipinski definition) is 2. The summed E-state index contributed by atoms with van der Waals surface area (Å²) in [6, 6.07) is 11.4. The van der Waals surface area contributed by atoms with Crippen molar-refractivity contribution in [3.05, 3.63) is 47.3 Å². The van der Waals surface area contributed by atoms with Crippen molar-refractivity contribution in [2.75, 3.05) is 19.6 Å². The van der Waals surface area contributed by atoms with E-state index in [9.17, 15) is 4.79 Å². The van der Waals surface area contributed by atoms with Gasteiger partial charge in [0.05, 0.1) is 11.7 Å². The minimum atomic E-state index is -0.101. The van der Waals surface area contributed by atoms with Gasteiger partial charge < -0.3 is 10.6 Å². The van der Waals surface area contributed by atoms with Gasteiger partial charge in [-0.05, 0) is 51.8 Å².